The highest BCUT2D eigenvalue weighted by atomic mass is 16.6. The van der Waals surface area contributed by atoms with Crippen LogP contribution in [0.1, 0.15) is 34.3 Å². The number of esters is 1. The Morgan fingerprint density at radius 2 is 2.06 bits per heavy atom. The molecule has 2 bridgehead atoms. The van der Waals surface area contributed by atoms with Gasteiger partial charge in [0.2, 0.25) is 0 Å². The molecule has 4 aliphatic carbocycles. The smallest absolute Gasteiger partial charge is 0.347 e. The van der Waals surface area contributed by atoms with Gasteiger partial charge in [-0.15, -0.1) is 0 Å². The number of benzene rings is 2. The average molecular weight is 431 g/mol. The number of nitrogens with two attached hydrogens (primary N) is 1. The minimum absolute atomic E-state index is 0.00604. The molecule has 2 aromatic rings. The number of fused-ring (bicyclic) bond motifs is 1. The van der Waals surface area contributed by atoms with Crippen molar-refractivity contribution in [2.75, 3.05) is 20.7 Å². The van der Waals surface area contributed by atoms with Crippen molar-refractivity contribution >= 4 is 5.97 Å². The van der Waals surface area contributed by atoms with Gasteiger partial charge >= 0.3 is 5.97 Å². The van der Waals surface area contributed by atoms with E-state index in [-0.39, 0.29) is 28.5 Å². The van der Waals surface area contributed by atoms with Crippen LogP contribution < -0.4 is 19.9 Å². The molecule has 6 nitrogen and oxygen atoms in total. The Hall–Kier alpha value is -2.83. The van der Waals surface area contributed by atoms with Gasteiger partial charge in [-0.05, 0) is 43.7 Å². The molecule has 0 amide bonds. The minimum Gasteiger partial charge on any atom is -0.496 e. The number of likely N-dealkylation sites (tertiary alicyclic amines) is 1. The van der Waals surface area contributed by atoms with E-state index in [2.05, 4.69) is 30.2 Å². The Balaban J connectivity index is 1.36. The monoisotopic (exact) mass is 430 g/mol. The number of carbonyl (C=O) groups excluding carboxylic acids is 1. The summed E-state index contributed by atoms with van der Waals surface area (Å²) in [5.41, 5.74) is 9.64. The molecule has 1 saturated heterocycles. The molecule has 2 aliphatic heterocycles. The number of carbonyl (C=O) groups is 1. The molecule has 4 unspecified atom stereocenters. The molecule has 1 saturated carbocycles. The molecule has 2 spiro atoms. The summed E-state index contributed by atoms with van der Waals surface area (Å²) in [5.74, 6) is 1.21. The van der Waals surface area contributed by atoms with E-state index < -0.39 is 5.97 Å². The van der Waals surface area contributed by atoms with Crippen LogP contribution in [0.25, 0.3) is 0 Å². The number of hydrogen-bond donors (Lipinski definition) is 1. The highest BCUT2D eigenvalue weighted by Crippen LogP contribution is 2.76. The second kappa shape index (κ2) is 5.74. The first-order chi connectivity index (χ1) is 15.4. The summed E-state index contributed by atoms with van der Waals surface area (Å²) in [6, 6.07) is 11.4. The lowest BCUT2D eigenvalue weighted by atomic mass is 9.36. The molecule has 8 rings (SSSR count). The molecular weight excluding hydrogens is 404 g/mol. The number of ether oxygens (including phenoxy) is 3. The zero-order valence-electron chi connectivity index (χ0n) is 18.3. The van der Waals surface area contributed by atoms with E-state index in [0.717, 1.165) is 25.8 Å². The minimum atomic E-state index is -0.452. The van der Waals surface area contributed by atoms with Crippen molar-refractivity contribution in [2.45, 2.75) is 42.4 Å². The van der Waals surface area contributed by atoms with Crippen LogP contribution in [0.2, 0.25) is 0 Å². The molecule has 6 heteroatoms. The Bertz CT molecular complexity index is 1220. The van der Waals surface area contributed by atoms with Gasteiger partial charge in [0, 0.05) is 30.0 Å². The molecule has 164 valence electrons. The fourth-order valence-corrected chi connectivity index (χ4v) is 7.80. The van der Waals surface area contributed by atoms with Gasteiger partial charge in [0.05, 0.1) is 18.1 Å². The van der Waals surface area contributed by atoms with Crippen molar-refractivity contribution in [3.63, 3.8) is 0 Å². The summed E-state index contributed by atoms with van der Waals surface area (Å²) in [5, 5.41) is 0. The van der Waals surface area contributed by atoms with Crippen LogP contribution in [0.15, 0.2) is 48.6 Å². The van der Waals surface area contributed by atoms with Gasteiger partial charge in [-0.2, -0.15) is 0 Å². The fraction of sp³-hybridized carbons (Fsp3) is 0.423. The first-order valence-electron chi connectivity index (χ1n) is 11.3. The predicted molar refractivity (Wildman–Crippen MR) is 118 cm³/mol. The molecule has 2 aromatic carbocycles. The van der Waals surface area contributed by atoms with Crippen LogP contribution in [0, 0.1) is 5.41 Å². The maximum absolute atomic E-state index is 13.0. The topological polar surface area (TPSA) is 74.0 Å². The van der Waals surface area contributed by atoms with E-state index in [1.807, 2.05) is 12.1 Å². The van der Waals surface area contributed by atoms with E-state index in [1.54, 1.807) is 25.3 Å². The normalized spacial score (nSPS) is 37.2. The Labute approximate surface area is 186 Å². The van der Waals surface area contributed by atoms with Gasteiger partial charge in [-0.3, -0.25) is 0 Å². The van der Waals surface area contributed by atoms with Crippen molar-refractivity contribution in [1.82, 2.24) is 4.90 Å². The largest absolute Gasteiger partial charge is 0.496 e. The molecule has 0 radical (unpaired) electrons. The lowest BCUT2D eigenvalue weighted by Crippen LogP contribution is -2.83. The predicted octanol–water partition coefficient (Wildman–Crippen LogP) is 2.83. The summed E-state index contributed by atoms with van der Waals surface area (Å²) in [4.78, 5) is 15.5. The molecule has 6 aliphatic rings. The second-order valence-electron chi connectivity index (χ2n) is 10.1. The SMILES string of the molecule is COc1ccccc1C(=O)Oc1ccc2c3c1O[C@H]1CC=CC45CN(C)C(C2)C4(N)C31C5. The average Bonchev–Trinajstić information content (AvgIpc) is 3.12. The summed E-state index contributed by atoms with van der Waals surface area (Å²) in [6.07, 6.45) is 7.30. The lowest BCUT2D eigenvalue weighted by Gasteiger charge is -2.68. The summed E-state index contributed by atoms with van der Waals surface area (Å²) in [6.45, 7) is 0.984. The zero-order valence-corrected chi connectivity index (χ0v) is 18.3. The van der Waals surface area contributed by atoms with E-state index in [0.29, 0.717) is 22.8 Å². The zero-order chi connectivity index (χ0) is 21.9. The summed E-state index contributed by atoms with van der Waals surface area (Å²) >= 11 is 0. The Morgan fingerprint density at radius 3 is 2.91 bits per heavy atom. The van der Waals surface area contributed by atoms with Crippen LogP contribution in [-0.2, 0) is 11.8 Å². The molecule has 2 heterocycles. The fourth-order valence-electron chi connectivity index (χ4n) is 7.80. The van der Waals surface area contributed by atoms with Gasteiger partial charge in [-0.1, -0.05) is 30.4 Å². The third-order valence-corrected chi connectivity index (χ3v) is 8.94. The first kappa shape index (κ1) is 18.7. The molecular formula is C26H26N2O4. The highest BCUT2D eigenvalue weighted by Gasteiger charge is 2.84. The van der Waals surface area contributed by atoms with Gasteiger partial charge in [0.15, 0.2) is 11.5 Å². The molecule has 2 fully saturated rings. The standard InChI is InChI=1S/C26H26N2O4/c1-28-14-24-11-5-8-20-25(13-24)21-15(12-19(28)26(24,25)27)9-10-18(22(21)32-20)31-23(29)16-6-3-4-7-17(16)30-2/h3-7,9-11,19-20H,8,12-14,27H2,1-2H3/t19?,20-,24?,25?,26?/m0/s1. The van der Waals surface area contributed by atoms with Crippen molar-refractivity contribution in [1.29, 1.82) is 0 Å². The lowest BCUT2D eigenvalue weighted by molar-refractivity contribution is -0.0856. The number of rotatable bonds is 3. The van der Waals surface area contributed by atoms with Crippen LogP contribution in [-0.4, -0.2) is 49.3 Å². The first-order valence-corrected chi connectivity index (χ1v) is 11.3. The Kier molecular flexibility index (Phi) is 3.36. The molecule has 0 aromatic heterocycles. The molecule has 32 heavy (non-hydrogen) atoms. The van der Waals surface area contributed by atoms with Gasteiger partial charge in [0.1, 0.15) is 17.4 Å². The van der Waals surface area contributed by atoms with Crippen molar-refractivity contribution in [2.24, 2.45) is 11.1 Å². The molecule has 2 N–H and O–H groups in total. The van der Waals surface area contributed by atoms with Gasteiger partial charge < -0.3 is 24.8 Å². The highest BCUT2D eigenvalue weighted by molar-refractivity contribution is 5.94. The quantitative estimate of drug-likeness (QED) is 0.459. The number of para-hydroxylation sites is 1. The number of hydrogen-bond acceptors (Lipinski definition) is 6. The van der Waals surface area contributed by atoms with Crippen molar-refractivity contribution in [3.05, 3.63) is 65.2 Å². The molecule has 5 atom stereocenters. The van der Waals surface area contributed by atoms with Gasteiger partial charge in [0.25, 0.3) is 0 Å². The maximum Gasteiger partial charge on any atom is 0.347 e. The van der Waals surface area contributed by atoms with Crippen LogP contribution in [0.5, 0.6) is 17.2 Å². The van der Waals surface area contributed by atoms with Crippen molar-refractivity contribution < 1.29 is 19.0 Å². The van der Waals surface area contributed by atoms with E-state index in [4.69, 9.17) is 19.9 Å². The van der Waals surface area contributed by atoms with E-state index in [1.165, 1.54) is 11.1 Å². The van der Waals surface area contributed by atoms with Gasteiger partial charge in [-0.25, -0.2) is 4.79 Å². The van der Waals surface area contributed by atoms with E-state index in [9.17, 15) is 4.79 Å². The van der Waals surface area contributed by atoms with Crippen LogP contribution in [0.3, 0.4) is 0 Å². The number of nitrogens with zero attached hydrogens (tertiary/aromatic N) is 1. The third kappa shape index (κ3) is 1.82. The maximum atomic E-state index is 13.0. The third-order valence-electron chi connectivity index (χ3n) is 8.94. The number of likely N-dealkylation sites (N-methyl/N-ethyl adjacent to an activating group) is 1. The van der Waals surface area contributed by atoms with Crippen LogP contribution in [0.4, 0.5) is 0 Å². The summed E-state index contributed by atoms with van der Waals surface area (Å²) in [7, 11) is 3.75. The van der Waals surface area contributed by atoms with E-state index >= 15 is 0 Å². The summed E-state index contributed by atoms with van der Waals surface area (Å²) < 4.78 is 17.9. The van der Waals surface area contributed by atoms with Crippen molar-refractivity contribution in [3.8, 4) is 17.2 Å². The van der Waals surface area contributed by atoms with Crippen LogP contribution >= 0.6 is 0 Å². The Morgan fingerprint density at radius 1 is 1.22 bits per heavy atom. The second-order valence-corrected chi connectivity index (χ2v) is 10.1. The number of methoxy groups -OCH3 is 1.